The number of aromatic nitrogens is 3. The van der Waals surface area contributed by atoms with Crippen LogP contribution in [0.1, 0.15) is 39.3 Å². The van der Waals surface area contributed by atoms with Crippen molar-refractivity contribution in [1.29, 1.82) is 0 Å². The second-order valence-corrected chi connectivity index (χ2v) is 9.84. The number of carbonyl (C=O) groups is 2. The summed E-state index contributed by atoms with van der Waals surface area (Å²) >= 11 is 0. The molecule has 4 rings (SSSR count). The lowest BCUT2D eigenvalue weighted by molar-refractivity contribution is -0.128. The minimum absolute atomic E-state index is 0.108. The van der Waals surface area contributed by atoms with Crippen molar-refractivity contribution in [2.75, 3.05) is 18.6 Å². The predicted molar refractivity (Wildman–Crippen MR) is 146 cm³/mol. The molecule has 1 atom stereocenters. The van der Waals surface area contributed by atoms with E-state index in [4.69, 9.17) is 9.47 Å². The minimum atomic E-state index is -0.958. The summed E-state index contributed by atoms with van der Waals surface area (Å²) in [6.07, 6.45) is 0. The number of nitrogens with zero attached hydrogens (tertiary/aromatic N) is 4. The molecule has 4 aromatic rings. The summed E-state index contributed by atoms with van der Waals surface area (Å²) in [5.41, 5.74) is 2.08. The van der Waals surface area contributed by atoms with E-state index in [-0.39, 0.29) is 18.4 Å². The summed E-state index contributed by atoms with van der Waals surface area (Å²) in [6.45, 7) is 8.04. The summed E-state index contributed by atoms with van der Waals surface area (Å²) in [5.74, 6) is 0.686. The largest absolute Gasteiger partial charge is 0.497 e. The van der Waals surface area contributed by atoms with Crippen LogP contribution in [0.3, 0.4) is 0 Å². The van der Waals surface area contributed by atoms with Crippen LogP contribution in [0.5, 0.6) is 11.5 Å². The number of anilines is 1. The second kappa shape index (κ2) is 11.3. The molecule has 0 aliphatic carbocycles. The second-order valence-electron chi connectivity index (χ2n) is 9.84. The first kappa shape index (κ1) is 26.7. The van der Waals surface area contributed by atoms with E-state index in [1.54, 1.807) is 48.2 Å². The lowest BCUT2D eigenvalue weighted by atomic mass is 10.0. The van der Waals surface area contributed by atoms with Gasteiger partial charge in [0.25, 0.3) is 0 Å². The number of nitrogens with one attached hydrogen (secondary N) is 1. The molecule has 198 valence electrons. The van der Waals surface area contributed by atoms with Gasteiger partial charge in [-0.2, -0.15) is 0 Å². The molecule has 1 aromatic heterocycles. The molecule has 0 bridgehead atoms. The van der Waals surface area contributed by atoms with Crippen LogP contribution in [0.15, 0.2) is 72.8 Å². The van der Waals surface area contributed by atoms with Crippen molar-refractivity contribution in [3.63, 3.8) is 0 Å². The minimum Gasteiger partial charge on any atom is -0.497 e. The van der Waals surface area contributed by atoms with Gasteiger partial charge in [0.1, 0.15) is 29.6 Å². The molecule has 0 aliphatic heterocycles. The Balaban J connectivity index is 1.81. The Labute approximate surface area is 222 Å². The quantitative estimate of drug-likeness (QED) is 0.352. The van der Waals surface area contributed by atoms with Crippen LogP contribution in [0.25, 0.3) is 11.0 Å². The maximum atomic E-state index is 14.1. The monoisotopic (exact) mass is 515 g/mol. The Hall–Kier alpha value is -4.40. The third-order valence-corrected chi connectivity index (χ3v) is 5.84. The predicted octanol–water partition coefficient (Wildman–Crippen LogP) is 4.53. The number of para-hydroxylation sites is 1. The summed E-state index contributed by atoms with van der Waals surface area (Å²) in [4.78, 5) is 29.4. The first-order chi connectivity index (χ1) is 18.2. The molecule has 0 saturated heterocycles. The highest BCUT2D eigenvalue weighted by Crippen LogP contribution is 2.31. The van der Waals surface area contributed by atoms with Gasteiger partial charge in [0.15, 0.2) is 0 Å². The molecule has 0 unspecified atom stereocenters. The Bertz CT molecular complexity index is 1390. The van der Waals surface area contributed by atoms with Crippen LogP contribution in [-0.2, 0) is 16.1 Å². The lowest BCUT2D eigenvalue weighted by Crippen LogP contribution is -2.50. The first-order valence-corrected chi connectivity index (χ1v) is 12.5. The van der Waals surface area contributed by atoms with Gasteiger partial charge in [-0.05, 0) is 81.8 Å². The summed E-state index contributed by atoms with van der Waals surface area (Å²) < 4.78 is 12.5. The van der Waals surface area contributed by atoms with E-state index in [2.05, 4.69) is 15.6 Å². The highest BCUT2D eigenvalue weighted by molar-refractivity contribution is 6.01. The standard InChI is InChI=1S/C29H33N5O4/c1-6-38-23-15-11-20(12-16-23)27(28(36)30-29(2,3)4)34(21-13-17-22(37-5)18-14-21)26(35)19-33-25-10-8-7-9-24(25)31-32-33/h7-18,27H,6,19H2,1-5H3,(H,30,36)/t27-/m1/s1. The van der Waals surface area contributed by atoms with Gasteiger partial charge < -0.3 is 14.8 Å². The van der Waals surface area contributed by atoms with Gasteiger partial charge in [-0.1, -0.05) is 29.5 Å². The van der Waals surface area contributed by atoms with Gasteiger partial charge >= 0.3 is 0 Å². The third kappa shape index (κ3) is 6.11. The maximum absolute atomic E-state index is 14.1. The number of fused-ring (bicyclic) bond motifs is 1. The third-order valence-electron chi connectivity index (χ3n) is 5.84. The average Bonchev–Trinajstić information content (AvgIpc) is 3.29. The van der Waals surface area contributed by atoms with Crippen molar-refractivity contribution < 1.29 is 19.1 Å². The lowest BCUT2D eigenvalue weighted by Gasteiger charge is -2.34. The van der Waals surface area contributed by atoms with Gasteiger partial charge in [0.05, 0.1) is 19.2 Å². The zero-order valence-corrected chi connectivity index (χ0v) is 22.3. The number of carbonyl (C=O) groups excluding carboxylic acids is 2. The zero-order chi connectivity index (χ0) is 27.3. The number of benzene rings is 3. The van der Waals surface area contributed by atoms with Crippen molar-refractivity contribution in [2.24, 2.45) is 0 Å². The molecular formula is C29H33N5O4. The van der Waals surface area contributed by atoms with Gasteiger partial charge in [0.2, 0.25) is 11.8 Å². The molecule has 1 N–H and O–H groups in total. The van der Waals surface area contributed by atoms with Gasteiger partial charge in [-0.25, -0.2) is 4.68 Å². The molecule has 1 heterocycles. The van der Waals surface area contributed by atoms with Crippen LogP contribution < -0.4 is 19.7 Å². The van der Waals surface area contributed by atoms with Gasteiger partial charge in [-0.3, -0.25) is 14.5 Å². The Morgan fingerprint density at radius 3 is 2.26 bits per heavy atom. The molecule has 0 saturated carbocycles. The molecular weight excluding hydrogens is 482 g/mol. The van der Waals surface area contributed by atoms with E-state index in [1.807, 2.05) is 64.1 Å². The number of hydrogen-bond acceptors (Lipinski definition) is 6. The first-order valence-electron chi connectivity index (χ1n) is 12.5. The Kier molecular flexibility index (Phi) is 7.95. The van der Waals surface area contributed by atoms with Crippen LogP contribution in [0.2, 0.25) is 0 Å². The molecule has 38 heavy (non-hydrogen) atoms. The van der Waals surface area contributed by atoms with Crippen LogP contribution in [0, 0.1) is 0 Å². The van der Waals surface area contributed by atoms with Crippen molar-refractivity contribution >= 4 is 28.5 Å². The maximum Gasteiger partial charge on any atom is 0.249 e. The van der Waals surface area contributed by atoms with E-state index in [9.17, 15) is 9.59 Å². The van der Waals surface area contributed by atoms with E-state index in [1.165, 1.54) is 4.90 Å². The average molecular weight is 516 g/mol. The summed E-state index contributed by atoms with van der Waals surface area (Å²) in [5, 5.41) is 11.4. The fraction of sp³-hybridized carbons (Fsp3) is 0.310. The smallest absolute Gasteiger partial charge is 0.249 e. The molecule has 0 spiro atoms. The number of ether oxygens (including phenoxy) is 2. The zero-order valence-electron chi connectivity index (χ0n) is 22.3. The van der Waals surface area contributed by atoms with E-state index < -0.39 is 11.6 Å². The van der Waals surface area contributed by atoms with Crippen molar-refractivity contribution in [2.45, 2.75) is 45.8 Å². The van der Waals surface area contributed by atoms with E-state index in [0.29, 0.717) is 34.9 Å². The van der Waals surface area contributed by atoms with Gasteiger partial charge in [-0.15, -0.1) is 5.10 Å². The van der Waals surface area contributed by atoms with Crippen LogP contribution in [0.4, 0.5) is 5.69 Å². The molecule has 9 nitrogen and oxygen atoms in total. The molecule has 0 fully saturated rings. The molecule has 9 heteroatoms. The molecule has 3 aromatic carbocycles. The van der Waals surface area contributed by atoms with Crippen molar-refractivity contribution in [3.05, 3.63) is 78.4 Å². The topological polar surface area (TPSA) is 98.6 Å². The Morgan fingerprint density at radius 2 is 1.63 bits per heavy atom. The van der Waals surface area contributed by atoms with Crippen LogP contribution in [-0.4, -0.2) is 46.1 Å². The number of methoxy groups -OCH3 is 1. The van der Waals surface area contributed by atoms with Crippen LogP contribution >= 0.6 is 0 Å². The van der Waals surface area contributed by atoms with E-state index in [0.717, 1.165) is 5.52 Å². The Morgan fingerprint density at radius 1 is 0.974 bits per heavy atom. The van der Waals surface area contributed by atoms with Crippen molar-refractivity contribution in [3.8, 4) is 11.5 Å². The van der Waals surface area contributed by atoms with Crippen molar-refractivity contribution in [1.82, 2.24) is 20.3 Å². The summed E-state index contributed by atoms with van der Waals surface area (Å²) in [7, 11) is 1.58. The molecule has 0 aliphatic rings. The number of hydrogen-bond donors (Lipinski definition) is 1. The van der Waals surface area contributed by atoms with E-state index >= 15 is 0 Å². The fourth-order valence-corrected chi connectivity index (χ4v) is 4.19. The van der Waals surface area contributed by atoms with Gasteiger partial charge in [0, 0.05) is 11.2 Å². The summed E-state index contributed by atoms with van der Waals surface area (Å²) in [6, 6.07) is 20.8. The normalized spacial score (nSPS) is 12.1. The number of amides is 2. The molecule has 0 radical (unpaired) electrons. The highest BCUT2D eigenvalue weighted by atomic mass is 16.5. The SMILES string of the molecule is CCOc1ccc([C@H](C(=O)NC(C)(C)C)N(C(=O)Cn2nnc3ccccc32)c2ccc(OC)cc2)cc1. The highest BCUT2D eigenvalue weighted by Gasteiger charge is 2.35. The number of rotatable bonds is 9. The molecule has 2 amide bonds. The fourth-order valence-electron chi connectivity index (χ4n) is 4.19.